The fourth-order valence-corrected chi connectivity index (χ4v) is 3.80. The second-order valence-electron chi connectivity index (χ2n) is 5.88. The number of benzene rings is 2. The monoisotopic (exact) mass is 366 g/mol. The van der Waals surface area contributed by atoms with E-state index in [1.54, 1.807) is 6.92 Å². The van der Waals surface area contributed by atoms with Gasteiger partial charge in [0.05, 0.1) is 16.8 Å². The first kappa shape index (κ1) is 16.7. The number of amides is 1. The number of fused-ring (bicyclic) bond motifs is 2. The van der Waals surface area contributed by atoms with Crippen molar-refractivity contribution in [2.75, 3.05) is 11.1 Å². The van der Waals surface area contributed by atoms with Crippen LogP contribution in [0.1, 0.15) is 12.8 Å². The van der Waals surface area contributed by atoms with E-state index in [9.17, 15) is 4.79 Å². The van der Waals surface area contributed by atoms with Gasteiger partial charge in [-0.25, -0.2) is 9.97 Å². The van der Waals surface area contributed by atoms with Crippen LogP contribution in [0, 0.1) is 6.92 Å². The van der Waals surface area contributed by atoms with Gasteiger partial charge in [-0.2, -0.15) is 0 Å². The van der Waals surface area contributed by atoms with Crippen molar-refractivity contribution >= 4 is 45.5 Å². The molecule has 0 saturated heterocycles. The minimum Gasteiger partial charge on any atom is -0.441 e. The van der Waals surface area contributed by atoms with E-state index in [2.05, 4.69) is 26.8 Å². The van der Waals surface area contributed by atoms with Crippen LogP contribution in [0.15, 0.2) is 52.0 Å². The number of aryl methyl sites for hydroxylation is 2. The van der Waals surface area contributed by atoms with E-state index < -0.39 is 0 Å². The molecule has 2 heterocycles. The summed E-state index contributed by atoms with van der Waals surface area (Å²) in [5.74, 6) is 0.820. The maximum Gasteiger partial charge on any atom is 0.234 e. The summed E-state index contributed by atoms with van der Waals surface area (Å²) in [5.41, 5.74) is 4.20. The van der Waals surface area contributed by atoms with Gasteiger partial charge in [0.25, 0.3) is 0 Å². The Labute approximate surface area is 154 Å². The second-order valence-corrected chi connectivity index (χ2v) is 6.82. The van der Waals surface area contributed by atoms with Crippen LogP contribution in [-0.4, -0.2) is 26.2 Å². The summed E-state index contributed by atoms with van der Waals surface area (Å²) in [5, 5.41) is 3.76. The summed E-state index contributed by atoms with van der Waals surface area (Å²) in [6, 6.07) is 13.4. The van der Waals surface area contributed by atoms with Crippen LogP contribution < -0.4 is 5.32 Å². The fraction of sp³-hybridized carbons (Fsp3) is 0.211. The molecule has 0 radical (unpaired) electrons. The van der Waals surface area contributed by atoms with Crippen LogP contribution in [0.2, 0.25) is 0 Å². The Morgan fingerprint density at radius 2 is 2.04 bits per heavy atom. The lowest BCUT2D eigenvalue weighted by Crippen LogP contribution is -2.14. The van der Waals surface area contributed by atoms with Gasteiger partial charge < -0.3 is 14.3 Å². The van der Waals surface area contributed by atoms with E-state index in [-0.39, 0.29) is 5.91 Å². The van der Waals surface area contributed by atoms with Crippen LogP contribution >= 0.6 is 11.8 Å². The smallest absolute Gasteiger partial charge is 0.234 e. The van der Waals surface area contributed by atoms with Gasteiger partial charge in [0.1, 0.15) is 5.52 Å². The Hall–Kier alpha value is -2.80. The number of aromatic nitrogens is 3. The first-order valence-corrected chi connectivity index (χ1v) is 9.37. The predicted molar refractivity (Wildman–Crippen MR) is 104 cm³/mol. The molecule has 0 saturated carbocycles. The average Bonchev–Trinajstić information content (AvgIpc) is 3.18. The summed E-state index contributed by atoms with van der Waals surface area (Å²) >= 11 is 1.44. The number of hydrogen-bond acceptors (Lipinski definition) is 5. The van der Waals surface area contributed by atoms with Gasteiger partial charge in [0.2, 0.25) is 5.91 Å². The molecule has 0 aliphatic carbocycles. The normalized spacial score (nSPS) is 11.3. The highest BCUT2D eigenvalue weighted by molar-refractivity contribution is 7.99. The third-order valence-electron chi connectivity index (χ3n) is 4.05. The Kier molecular flexibility index (Phi) is 4.38. The Bertz CT molecular complexity index is 1100. The van der Waals surface area contributed by atoms with Crippen molar-refractivity contribution in [1.82, 2.24) is 14.5 Å². The molecule has 0 spiro atoms. The summed E-state index contributed by atoms with van der Waals surface area (Å²) in [6.07, 6.45) is 0. The van der Waals surface area contributed by atoms with E-state index in [0.717, 1.165) is 28.3 Å². The highest BCUT2D eigenvalue weighted by Crippen LogP contribution is 2.24. The number of hydrogen-bond donors (Lipinski definition) is 1. The van der Waals surface area contributed by atoms with Crippen molar-refractivity contribution in [3.63, 3.8) is 0 Å². The minimum absolute atomic E-state index is 0.0794. The zero-order valence-electron chi connectivity index (χ0n) is 14.5. The van der Waals surface area contributed by atoms with Crippen LogP contribution in [0.4, 0.5) is 5.69 Å². The van der Waals surface area contributed by atoms with Gasteiger partial charge in [-0.05, 0) is 37.3 Å². The fourth-order valence-electron chi connectivity index (χ4n) is 2.92. The van der Waals surface area contributed by atoms with E-state index >= 15 is 0 Å². The Morgan fingerprint density at radius 3 is 2.88 bits per heavy atom. The molecule has 1 amide bonds. The SMILES string of the molecule is CCn1c(SCC(=O)Nc2ccc3oc(C)nc3c2)nc2ccccc21. The molecule has 0 atom stereocenters. The average molecular weight is 366 g/mol. The lowest BCUT2D eigenvalue weighted by atomic mass is 10.3. The standard InChI is InChI=1S/C19H18N4O2S/c1-3-23-16-7-5-4-6-14(16)22-19(23)26-11-18(24)21-13-8-9-17-15(10-13)20-12(2)25-17/h4-10H,3,11H2,1-2H3,(H,21,24). The zero-order valence-corrected chi connectivity index (χ0v) is 15.3. The molecule has 0 aliphatic rings. The molecule has 4 rings (SSSR count). The molecule has 0 bridgehead atoms. The van der Waals surface area contributed by atoms with Crippen molar-refractivity contribution in [2.24, 2.45) is 0 Å². The topological polar surface area (TPSA) is 73.0 Å². The Morgan fingerprint density at radius 1 is 1.19 bits per heavy atom. The minimum atomic E-state index is -0.0794. The van der Waals surface area contributed by atoms with E-state index in [1.165, 1.54) is 11.8 Å². The van der Waals surface area contributed by atoms with E-state index in [0.29, 0.717) is 22.9 Å². The quantitative estimate of drug-likeness (QED) is 0.535. The van der Waals surface area contributed by atoms with Gasteiger partial charge in [-0.15, -0.1) is 0 Å². The van der Waals surface area contributed by atoms with Crippen LogP contribution in [0.5, 0.6) is 0 Å². The molecule has 4 aromatic rings. The maximum absolute atomic E-state index is 12.3. The number of anilines is 1. The number of oxazole rings is 1. The first-order chi connectivity index (χ1) is 12.6. The van der Waals surface area contributed by atoms with Gasteiger partial charge in [-0.1, -0.05) is 23.9 Å². The number of para-hydroxylation sites is 2. The van der Waals surface area contributed by atoms with Gasteiger partial charge >= 0.3 is 0 Å². The molecule has 0 fully saturated rings. The van der Waals surface area contributed by atoms with Gasteiger partial charge in [0, 0.05) is 19.2 Å². The summed E-state index contributed by atoms with van der Waals surface area (Å²) in [4.78, 5) is 21.2. The number of carbonyl (C=O) groups is 1. The molecule has 2 aromatic carbocycles. The molecule has 7 heteroatoms. The first-order valence-electron chi connectivity index (χ1n) is 8.39. The largest absolute Gasteiger partial charge is 0.441 e. The third kappa shape index (κ3) is 3.17. The van der Waals surface area contributed by atoms with E-state index in [1.807, 2.05) is 42.5 Å². The van der Waals surface area contributed by atoms with Gasteiger partial charge in [-0.3, -0.25) is 4.79 Å². The molecule has 0 unspecified atom stereocenters. The van der Waals surface area contributed by atoms with Crippen LogP contribution in [0.25, 0.3) is 22.1 Å². The molecule has 132 valence electrons. The van der Waals surface area contributed by atoms with Crippen molar-refractivity contribution in [1.29, 1.82) is 0 Å². The van der Waals surface area contributed by atoms with Crippen LogP contribution in [-0.2, 0) is 11.3 Å². The molecule has 26 heavy (non-hydrogen) atoms. The third-order valence-corrected chi connectivity index (χ3v) is 5.02. The van der Waals surface area contributed by atoms with Crippen molar-refractivity contribution in [3.8, 4) is 0 Å². The Balaban J connectivity index is 1.46. The molecule has 2 aromatic heterocycles. The number of nitrogens with zero attached hydrogens (tertiary/aromatic N) is 3. The molecule has 6 nitrogen and oxygen atoms in total. The lowest BCUT2D eigenvalue weighted by molar-refractivity contribution is -0.113. The summed E-state index contributed by atoms with van der Waals surface area (Å²) in [6.45, 7) is 4.69. The zero-order chi connectivity index (χ0) is 18.1. The number of carbonyl (C=O) groups excluding carboxylic acids is 1. The summed E-state index contributed by atoms with van der Waals surface area (Å²) < 4.78 is 7.57. The highest BCUT2D eigenvalue weighted by atomic mass is 32.2. The van der Waals surface area contributed by atoms with E-state index in [4.69, 9.17) is 4.42 Å². The lowest BCUT2D eigenvalue weighted by Gasteiger charge is -2.06. The predicted octanol–water partition coefficient (Wildman–Crippen LogP) is 4.24. The van der Waals surface area contributed by atoms with Crippen LogP contribution in [0.3, 0.4) is 0 Å². The molecule has 0 aliphatic heterocycles. The molecule has 1 N–H and O–H groups in total. The number of nitrogens with one attached hydrogen (secondary N) is 1. The summed E-state index contributed by atoms with van der Waals surface area (Å²) in [7, 11) is 0. The van der Waals surface area contributed by atoms with Crippen molar-refractivity contribution in [2.45, 2.75) is 25.5 Å². The van der Waals surface area contributed by atoms with Crippen molar-refractivity contribution < 1.29 is 9.21 Å². The van der Waals surface area contributed by atoms with Gasteiger partial charge in [0.15, 0.2) is 16.6 Å². The molecular formula is C19H18N4O2S. The number of thioether (sulfide) groups is 1. The number of rotatable bonds is 5. The van der Waals surface area contributed by atoms with Crippen molar-refractivity contribution in [3.05, 3.63) is 48.4 Å². The maximum atomic E-state index is 12.3. The highest BCUT2D eigenvalue weighted by Gasteiger charge is 2.12. The number of imidazole rings is 1. The second kappa shape index (κ2) is 6.84. The molecular weight excluding hydrogens is 348 g/mol.